The van der Waals surface area contributed by atoms with Crippen molar-refractivity contribution in [2.75, 3.05) is 32.6 Å². The fourth-order valence-corrected chi connectivity index (χ4v) is 1.18. The molecule has 1 aromatic carbocycles. The first kappa shape index (κ1) is 14.4. The topological polar surface area (TPSA) is 41.6 Å². The van der Waals surface area contributed by atoms with Gasteiger partial charge in [-0.2, -0.15) is 8.78 Å². The highest BCUT2D eigenvalue weighted by Crippen LogP contribution is 2.16. The lowest BCUT2D eigenvalue weighted by molar-refractivity contribution is -0.126. The molecule has 4 nitrogen and oxygen atoms in total. The summed E-state index contributed by atoms with van der Waals surface area (Å²) in [5, 5.41) is 2.09. The van der Waals surface area contributed by atoms with E-state index in [2.05, 4.69) is 5.32 Å². The third kappa shape index (κ3) is 5.09. The van der Waals surface area contributed by atoms with E-state index < -0.39 is 12.3 Å². The molecule has 0 spiro atoms. The summed E-state index contributed by atoms with van der Waals surface area (Å²) in [5.41, 5.74) is 0.320. The molecule has 1 aromatic rings. The summed E-state index contributed by atoms with van der Waals surface area (Å²) in [6, 6.07) is 6.28. The van der Waals surface area contributed by atoms with Crippen LogP contribution in [0.1, 0.15) is 0 Å². The van der Waals surface area contributed by atoms with Gasteiger partial charge in [-0.1, -0.05) is 0 Å². The standard InChI is InChI=1S/C12H16F2N2O2/c1-16(2)7-8-18-10-5-3-9(4-6-10)15-12(17)11(13)14/h3-6,11H,7-8H2,1-2H3,(H,15,17). The van der Waals surface area contributed by atoms with Crippen LogP contribution in [-0.4, -0.2) is 44.5 Å². The summed E-state index contributed by atoms with van der Waals surface area (Å²) in [6.07, 6.45) is -3.01. The van der Waals surface area contributed by atoms with Crippen molar-refractivity contribution >= 4 is 11.6 Å². The van der Waals surface area contributed by atoms with Gasteiger partial charge in [0.25, 0.3) is 5.91 Å². The summed E-state index contributed by atoms with van der Waals surface area (Å²) < 4.78 is 29.4. The molecule has 0 aliphatic carbocycles. The maximum Gasteiger partial charge on any atom is 0.315 e. The largest absolute Gasteiger partial charge is 0.492 e. The predicted molar refractivity (Wildman–Crippen MR) is 65.1 cm³/mol. The van der Waals surface area contributed by atoms with Crippen LogP contribution in [0.5, 0.6) is 5.75 Å². The zero-order valence-electron chi connectivity index (χ0n) is 10.3. The van der Waals surface area contributed by atoms with Gasteiger partial charge in [-0.15, -0.1) is 0 Å². The Hall–Kier alpha value is -1.69. The molecular weight excluding hydrogens is 242 g/mol. The van der Waals surface area contributed by atoms with E-state index in [1.165, 1.54) is 12.1 Å². The molecule has 0 fully saturated rings. The molecule has 18 heavy (non-hydrogen) atoms. The predicted octanol–water partition coefficient (Wildman–Crippen LogP) is 1.83. The minimum absolute atomic E-state index is 0.320. The van der Waals surface area contributed by atoms with E-state index in [4.69, 9.17) is 4.74 Å². The van der Waals surface area contributed by atoms with Crippen molar-refractivity contribution in [1.29, 1.82) is 0 Å². The average Bonchev–Trinajstić information content (AvgIpc) is 2.30. The quantitative estimate of drug-likeness (QED) is 0.846. The molecule has 0 heterocycles. The van der Waals surface area contributed by atoms with Crippen LogP contribution in [0, 0.1) is 0 Å². The van der Waals surface area contributed by atoms with E-state index in [1.807, 2.05) is 19.0 Å². The van der Waals surface area contributed by atoms with E-state index in [0.29, 0.717) is 18.0 Å². The number of nitrogens with one attached hydrogen (secondary N) is 1. The van der Waals surface area contributed by atoms with Crippen molar-refractivity contribution < 1.29 is 18.3 Å². The van der Waals surface area contributed by atoms with E-state index in [-0.39, 0.29) is 0 Å². The summed E-state index contributed by atoms with van der Waals surface area (Å²) in [4.78, 5) is 12.7. The second-order valence-electron chi connectivity index (χ2n) is 3.97. The number of likely N-dealkylation sites (N-methyl/N-ethyl adjacent to an activating group) is 1. The Bertz CT molecular complexity index is 380. The number of hydrogen-bond donors (Lipinski definition) is 1. The van der Waals surface area contributed by atoms with Crippen molar-refractivity contribution in [3.8, 4) is 5.75 Å². The normalized spacial score (nSPS) is 10.8. The molecule has 0 atom stereocenters. The molecule has 0 unspecified atom stereocenters. The highest BCUT2D eigenvalue weighted by atomic mass is 19.3. The van der Waals surface area contributed by atoms with Crippen molar-refractivity contribution in [2.45, 2.75) is 6.43 Å². The summed E-state index contributed by atoms with van der Waals surface area (Å²) in [7, 11) is 3.87. The van der Waals surface area contributed by atoms with Gasteiger partial charge in [0.15, 0.2) is 0 Å². The number of anilines is 1. The highest BCUT2D eigenvalue weighted by Gasteiger charge is 2.14. The van der Waals surface area contributed by atoms with Gasteiger partial charge in [0.05, 0.1) is 0 Å². The van der Waals surface area contributed by atoms with Gasteiger partial charge < -0.3 is 15.0 Å². The maximum absolute atomic E-state index is 12.0. The van der Waals surface area contributed by atoms with Crippen LogP contribution in [0.4, 0.5) is 14.5 Å². The Kier molecular flexibility index (Phi) is 5.51. The monoisotopic (exact) mass is 258 g/mol. The zero-order valence-corrected chi connectivity index (χ0v) is 10.3. The van der Waals surface area contributed by atoms with Crippen molar-refractivity contribution in [2.24, 2.45) is 0 Å². The smallest absolute Gasteiger partial charge is 0.315 e. The van der Waals surface area contributed by atoms with Crippen molar-refractivity contribution in [3.05, 3.63) is 24.3 Å². The SMILES string of the molecule is CN(C)CCOc1ccc(NC(=O)C(F)F)cc1. The zero-order chi connectivity index (χ0) is 13.5. The van der Waals surface area contributed by atoms with Crippen molar-refractivity contribution in [1.82, 2.24) is 4.90 Å². The van der Waals surface area contributed by atoms with Gasteiger partial charge in [-0.05, 0) is 38.4 Å². The molecule has 0 saturated carbocycles. The highest BCUT2D eigenvalue weighted by molar-refractivity contribution is 5.93. The Morgan fingerprint density at radius 1 is 1.33 bits per heavy atom. The van der Waals surface area contributed by atoms with Gasteiger partial charge in [0.2, 0.25) is 0 Å². The van der Waals surface area contributed by atoms with Gasteiger partial charge in [-0.25, -0.2) is 0 Å². The van der Waals surface area contributed by atoms with Crippen LogP contribution in [0.3, 0.4) is 0 Å². The third-order valence-electron chi connectivity index (χ3n) is 2.13. The van der Waals surface area contributed by atoms with Crippen LogP contribution < -0.4 is 10.1 Å². The number of alkyl halides is 2. The van der Waals surface area contributed by atoms with Gasteiger partial charge >= 0.3 is 6.43 Å². The Balaban J connectivity index is 2.45. The molecule has 100 valence electrons. The Labute approximate surface area is 105 Å². The third-order valence-corrected chi connectivity index (χ3v) is 2.13. The number of ether oxygens (including phenoxy) is 1. The molecule has 0 aliphatic rings. The number of nitrogens with zero attached hydrogens (tertiary/aromatic N) is 1. The average molecular weight is 258 g/mol. The Morgan fingerprint density at radius 3 is 2.44 bits per heavy atom. The minimum atomic E-state index is -3.01. The molecule has 0 bridgehead atoms. The van der Waals surface area contributed by atoms with Crippen LogP contribution >= 0.6 is 0 Å². The van der Waals surface area contributed by atoms with E-state index in [0.717, 1.165) is 6.54 Å². The molecule has 0 radical (unpaired) electrons. The minimum Gasteiger partial charge on any atom is -0.492 e. The van der Waals surface area contributed by atoms with E-state index >= 15 is 0 Å². The van der Waals surface area contributed by atoms with Crippen LogP contribution in [0.15, 0.2) is 24.3 Å². The summed E-state index contributed by atoms with van der Waals surface area (Å²) in [6.45, 7) is 1.32. The van der Waals surface area contributed by atoms with E-state index in [1.54, 1.807) is 12.1 Å². The maximum atomic E-state index is 12.0. The fraction of sp³-hybridized carbons (Fsp3) is 0.417. The number of carbonyl (C=O) groups is 1. The number of carbonyl (C=O) groups excluding carboxylic acids is 1. The second-order valence-corrected chi connectivity index (χ2v) is 3.97. The van der Waals surface area contributed by atoms with Crippen LogP contribution in [0.2, 0.25) is 0 Å². The first-order valence-corrected chi connectivity index (χ1v) is 5.45. The first-order chi connectivity index (χ1) is 8.49. The fourth-order valence-electron chi connectivity index (χ4n) is 1.18. The molecule has 1 rings (SSSR count). The molecular formula is C12H16F2N2O2. The summed E-state index contributed by atoms with van der Waals surface area (Å²) >= 11 is 0. The number of benzene rings is 1. The molecule has 1 N–H and O–H groups in total. The van der Waals surface area contributed by atoms with Crippen LogP contribution in [0.25, 0.3) is 0 Å². The molecule has 6 heteroatoms. The number of rotatable bonds is 6. The summed E-state index contributed by atoms with van der Waals surface area (Å²) in [5.74, 6) is -0.678. The van der Waals surface area contributed by atoms with Crippen molar-refractivity contribution in [3.63, 3.8) is 0 Å². The second kappa shape index (κ2) is 6.90. The lowest BCUT2D eigenvalue weighted by Gasteiger charge is -2.11. The number of hydrogen-bond acceptors (Lipinski definition) is 3. The number of amides is 1. The molecule has 1 amide bonds. The lowest BCUT2D eigenvalue weighted by atomic mass is 10.3. The van der Waals surface area contributed by atoms with Crippen LogP contribution in [-0.2, 0) is 4.79 Å². The van der Waals surface area contributed by atoms with Gasteiger partial charge in [0, 0.05) is 12.2 Å². The van der Waals surface area contributed by atoms with Gasteiger partial charge in [-0.3, -0.25) is 4.79 Å². The Morgan fingerprint density at radius 2 is 1.94 bits per heavy atom. The lowest BCUT2D eigenvalue weighted by Crippen LogP contribution is -2.20. The first-order valence-electron chi connectivity index (χ1n) is 5.45. The molecule has 0 aliphatic heterocycles. The number of halogens is 2. The van der Waals surface area contributed by atoms with Gasteiger partial charge in [0.1, 0.15) is 12.4 Å². The van der Waals surface area contributed by atoms with E-state index in [9.17, 15) is 13.6 Å². The molecule has 0 saturated heterocycles. The molecule has 0 aromatic heterocycles.